The van der Waals surface area contributed by atoms with Gasteiger partial charge in [-0.2, -0.15) is 0 Å². The van der Waals surface area contributed by atoms with Gasteiger partial charge in [-0.25, -0.2) is 0 Å². The van der Waals surface area contributed by atoms with Crippen molar-refractivity contribution in [1.29, 1.82) is 0 Å². The lowest BCUT2D eigenvalue weighted by Gasteiger charge is -2.37. The highest BCUT2D eigenvalue weighted by atomic mass is 32.2. The highest BCUT2D eigenvalue weighted by molar-refractivity contribution is 7.99. The second-order valence-corrected chi connectivity index (χ2v) is 9.66. The zero-order chi connectivity index (χ0) is 24.5. The molecule has 2 aromatic carbocycles. The van der Waals surface area contributed by atoms with Crippen molar-refractivity contribution in [2.24, 2.45) is 0 Å². The summed E-state index contributed by atoms with van der Waals surface area (Å²) in [6, 6.07) is 13.8. The van der Waals surface area contributed by atoms with Crippen molar-refractivity contribution >= 4 is 40.0 Å². The predicted octanol–water partition coefficient (Wildman–Crippen LogP) is 3.29. The van der Waals surface area contributed by atoms with E-state index >= 15 is 0 Å². The molecule has 1 aliphatic heterocycles. The van der Waals surface area contributed by atoms with Gasteiger partial charge in [-0.1, -0.05) is 42.1 Å². The Balaban J connectivity index is 1.32. The maximum absolute atomic E-state index is 13.0. The number of thioether (sulfide) groups is 1. The zero-order valence-corrected chi connectivity index (χ0v) is 20.8. The van der Waals surface area contributed by atoms with E-state index in [1.807, 2.05) is 27.5 Å². The Hall–Kier alpha value is -3.59. The van der Waals surface area contributed by atoms with Gasteiger partial charge in [-0.3, -0.25) is 18.6 Å². The van der Waals surface area contributed by atoms with Crippen LogP contribution in [-0.4, -0.2) is 61.9 Å². The summed E-state index contributed by atoms with van der Waals surface area (Å²) in [6.45, 7) is 11.4. The molecule has 0 bridgehead atoms. The van der Waals surface area contributed by atoms with E-state index < -0.39 is 0 Å². The quantitative estimate of drug-likeness (QED) is 0.306. The highest BCUT2D eigenvalue weighted by Gasteiger charge is 2.23. The number of benzene rings is 2. The summed E-state index contributed by atoms with van der Waals surface area (Å²) in [5.41, 5.74) is 4.43. The van der Waals surface area contributed by atoms with Gasteiger partial charge in [-0.05, 0) is 43.2 Å². The molecule has 0 saturated carbocycles. The van der Waals surface area contributed by atoms with Crippen LogP contribution >= 0.6 is 11.8 Å². The molecule has 0 radical (unpaired) electrons. The van der Waals surface area contributed by atoms with E-state index in [-0.39, 0.29) is 17.2 Å². The van der Waals surface area contributed by atoms with Gasteiger partial charge in [0, 0.05) is 38.4 Å². The van der Waals surface area contributed by atoms with Crippen LogP contribution in [0.1, 0.15) is 11.1 Å². The molecule has 1 amide bonds. The lowest BCUT2D eigenvalue weighted by atomic mass is 10.1. The van der Waals surface area contributed by atoms with Crippen LogP contribution in [0, 0.1) is 13.8 Å². The SMILES string of the molecule is C=CCn1c(=O)c2ccccc2n2c(SCC(=O)N3CCN(c4cccc(C)c4C)CC3)nnc12. The first kappa shape index (κ1) is 23.2. The second kappa shape index (κ2) is 9.58. The van der Waals surface area contributed by atoms with Crippen LogP contribution in [-0.2, 0) is 11.3 Å². The van der Waals surface area contributed by atoms with E-state index in [2.05, 4.69) is 53.7 Å². The summed E-state index contributed by atoms with van der Waals surface area (Å²) in [5, 5.41) is 9.77. The lowest BCUT2D eigenvalue weighted by molar-refractivity contribution is -0.128. The van der Waals surface area contributed by atoms with Crippen LogP contribution in [0.3, 0.4) is 0 Å². The second-order valence-electron chi connectivity index (χ2n) is 8.72. The third-order valence-electron chi connectivity index (χ3n) is 6.66. The van der Waals surface area contributed by atoms with Gasteiger partial charge in [0.25, 0.3) is 5.56 Å². The van der Waals surface area contributed by atoms with E-state index in [0.717, 1.165) is 18.6 Å². The van der Waals surface area contributed by atoms with E-state index in [9.17, 15) is 9.59 Å². The fraction of sp³-hybridized carbons (Fsp3) is 0.308. The first-order chi connectivity index (χ1) is 17.0. The Morgan fingerprint density at radius 3 is 2.60 bits per heavy atom. The van der Waals surface area contributed by atoms with Crippen LogP contribution in [0.5, 0.6) is 0 Å². The molecule has 4 aromatic rings. The van der Waals surface area contributed by atoms with Crippen molar-refractivity contribution in [3.63, 3.8) is 0 Å². The minimum Gasteiger partial charge on any atom is -0.368 e. The molecule has 8 nitrogen and oxygen atoms in total. The van der Waals surface area contributed by atoms with Gasteiger partial charge in [0.05, 0.1) is 16.7 Å². The molecule has 9 heteroatoms. The number of para-hydroxylation sites is 1. The summed E-state index contributed by atoms with van der Waals surface area (Å²) in [5.74, 6) is 0.792. The number of anilines is 1. The van der Waals surface area contributed by atoms with E-state index in [1.165, 1.54) is 28.6 Å². The first-order valence-corrected chi connectivity index (χ1v) is 12.7. The standard InChI is InChI=1S/C26H28N6O2S/c1-4-12-31-24(34)20-9-5-6-10-22(20)32-25(31)27-28-26(32)35-17-23(33)30-15-13-29(14-16-30)21-11-7-8-18(2)19(21)3/h4-11H,1,12-17H2,2-3H3. The Morgan fingerprint density at radius 1 is 1.06 bits per heavy atom. The van der Waals surface area contributed by atoms with Crippen LogP contribution in [0.15, 0.2) is 65.1 Å². The molecule has 0 unspecified atom stereocenters. The number of nitrogens with zero attached hydrogens (tertiary/aromatic N) is 6. The number of aryl methyl sites for hydroxylation is 1. The molecular formula is C26H28N6O2S. The smallest absolute Gasteiger partial charge is 0.263 e. The van der Waals surface area contributed by atoms with Crippen LogP contribution in [0.25, 0.3) is 16.7 Å². The minimum absolute atomic E-state index is 0.0797. The molecule has 1 fully saturated rings. The molecule has 5 rings (SSSR count). The maximum atomic E-state index is 13.0. The number of rotatable bonds is 6. The van der Waals surface area contributed by atoms with Gasteiger partial charge in [0.2, 0.25) is 11.7 Å². The Bertz CT molecular complexity index is 1480. The Kier molecular flexibility index (Phi) is 6.34. The molecule has 1 aliphatic rings. The number of fused-ring (bicyclic) bond motifs is 3. The van der Waals surface area contributed by atoms with Gasteiger partial charge < -0.3 is 9.80 Å². The number of allylic oxidation sites excluding steroid dienone is 1. The zero-order valence-electron chi connectivity index (χ0n) is 20.0. The number of piperazine rings is 1. The maximum Gasteiger partial charge on any atom is 0.263 e. The minimum atomic E-state index is -0.130. The third-order valence-corrected chi connectivity index (χ3v) is 7.58. The summed E-state index contributed by atoms with van der Waals surface area (Å²) >= 11 is 1.35. The number of hydrogen-bond donors (Lipinski definition) is 0. The number of carbonyl (C=O) groups is 1. The molecule has 0 atom stereocenters. The number of carbonyl (C=O) groups excluding carboxylic acids is 1. The van der Waals surface area contributed by atoms with Gasteiger partial charge in [0.15, 0.2) is 5.16 Å². The molecule has 0 aliphatic carbocycles. The largest absolute Gasteiger partial charge is 0.368 e. The fourth-order valence-electron chi connectivity index (χ4n) is 4.61. The average molecular weight is 489 g/mol. The van der Waals surface area contributed by atoms with Crippen LogP contribution in [0.4, 0.5) is 5.69 Å². The number of amides is 1. The van der Waals surface area contributed by atoms with Crippen molar-refractivity contribution in [2.75, 3.05) is 36.8 Å². The third kappa shape index (κ3) is 4.20. The molecule has 0 spiro atoms. The van der Waals surface area contributed by atoms with Crippen molar-refractivity contribution in [1.82, 2.24) is 24.1 Å². The fourth-order valence-corrected chi connectivity index (χ4v) is 5.46. The van der Waals surface area contributed by atoms with Crippen LogP contribution < -0.4 is 10.5 Å². The van der Waals surface area contributed by atoms with Crippen molar-refractivity contribution in [2.45, 2.75) is 25.5 Å². The van der Waals surface area contributed by atoms with E-state index in [0.29, 0.717) is 36.0 Å². The summed E-state index contributed by atoms with van der Waals surface area (Å²) in [6.07, 6.45) is 1.67. The number of hydrogen-bond acceptors (Lipinski definition) is 6. The summed E-state index contributed by atoms with van der Waals surface area (Å²) in [4.78, 5) is 30.3. The molecule has 180 valence electrons. The lowest BCUT2D eigenvalue weighted by Crippen LogP contribution is -2.49. The van der Waals surface area contributed by atoms with Gasteiger partial charge >= 0.3 is 0 Å². The normalized spacial score (nSPS) is 14.1. The van der Waals surface area contributed by atoms with Gasteiger partial charge in [-0.15, -0.1) is 16.8 Å². The molecule has 3 heterocycles. The molecular weight excluding hydrogens is 460 g/mol. The Labute approximate surface area is 207 Å². The molecule has 35 heavy (non-hydrogen) atoms. The summed E-state index contributed by atoms with van der Waals surface area (Å²) < 4.78 is 3.41. The monoisotopic (exact) mass is 488 g/mol. The van der Waals surface area contributed by atoms with Gasteiger partial charge in [0.1, 0.15) is 0 Å². The molecule has 1 saturated heterocycles. The molecule has 0 N–H and O–H groups in total. The van der Waals surface area contributed by atoms with Crippen molar-refractivity contribution in [3.05, 3.63) is 76.6 Å². The van der Waals surface area contributed by atoms with E-state index in [1.54, 1.807) is 16.7 Å². The Morgan fingerprint density at radius 2 is 1.83 bits per heavy atom. The first-order valence-electron chi connectivity index (χ1n) is 11.7. The van der Waals surface area contributed by atoms with E-state index in [4.69, 9.17) is 0 Å². The van der Waals surface area contributed by atoms with Crippen molar-refractivity contribution in [3.8, 4) is 0 Å². The predicted molar refractivity (Wildman–Crippen MR) is 140 cm³/mol. The average Bonchev–Trinajstić information content (AvgIpc) is 3.31. The number of aromatic nitrogens is 4. The van der Waals surface area contributed by atoms with Crippen molar-refractivity contribution < 1.29 is 4.79 Å². The summed E-state index contributed by atoms with van der Waals surface area (Å²) in [7, 11) is 0. The molecule has 2 aromatic heterocycles. The topological polar surface area (TPSA) is 75.7 Å². The van der Waals surface area contributed by atoms with Crippen LogP contribution in [0.2, 0.25) is 0 Å². The highest BCUT2D eigenvalue weighted by Crippen LogP contribution is 2.25.